The highest BCUT2D eigenvalue weighted by atomic mass is 16.3. The molecule has 1 aromatic carbocycles. The highest BCUT2D eigenvalue weighted by Gasteiger charge is 2.36. The lowest BCUT2D eigenvalue weighted by Crippen LogP contribution is -2.41. The van der Waals surface area contributed by atoms with E-state index < -0.39 is 0 Å². The molecule has 1 aliphatic carbocycles. The van der Waals surface area contributed by atoms with Gasteiger partial charge in [0.1, 0.15) is 0 Å². The molecule has 2 aromatic rings. The molecular formula is C21H26N2O2. The molecule has 1 fully saturated rings. The van der Waals surface area contributed by atoms with Crippen molar-refractivity contribution in [2.75, 3.05) is 0 Å². The highest BCUT2D eigenvalue weighted by Crippen LogP contribution is 2.37. The number of pyridine rings is 1. The number of amides is 1. The third kappa shape index (κ3) is 4.45. The SMILES string of the molecule is CC(C)Cc1ccc(C(=O)N[C@@H](c2ccccn2)C2CC(O)C2)cc1. The Morgan fingerprint density at radius 1 is 1.20 bits per heavy atom. The van der Waals surface area contributed by atoms with Crippen LogP contribution in [0.15, 0.2) is 48.7 Å². The fourth-order valence-electron chi connectivity index (χ4n) is 3.38. The van der Waals surface area contributed by atoms with Gasteiger partial charge in [-0.3, -0.25) is 9.78 Å². The summed E-state index contributed by atoms with van der Waals surface area (Å²) in [4.78, 5) is 17.1. The predicted molar refractivity (Wildman–Crippen MR) is 98.2 cm³/mol. The molecule has 1 atom stereocenters. The Kier molecular flexibility index (Phi) is 5.49. The largest absolute Gasteiger partial charge is 0.393 e. The summed E-state index contributed by atoms with van der Waals surface area (Å²) in [6.07, 6.45) is 3.90. The molecule has 1 aromatic heterocycles. The monoisotopic (exact) mass is 338 g/mol. The van der Waals surface area contributed by atoms with Crippen LogP contribution in [0.1, 0.15) is 54.3 Å². The lowest BCUT2D eigenvalue weighted by molar-refractivity contribution is 0.0228. The number of hydrogen-bond acceptors (Lipinski definition) is 3. The smallest absolute Gasteiger partial charge is 0.251 e. The Labute approximate surface area is 149 Å². The summed E-state index contributed by atoms with van der Waals surface area (Å²) in [6, 6.07) is 13.4. The molecular weight excluding hydrogens is 312 g/mol. The van der Waals surface area contributed by atoms with Gasteiger partial charge in [-0.2, -0.15) is 0 Å². The minimum absolute atomic E-state index is 0.0897. The molecule has 4 nitrogen and oxygen atoms in total. The molecule has 4 heteroatoms. The number of carbonyl (C=O) groups is 1. The van der Waals surface area contributed by atoms with E-state index in [0.29, 0.717) is 24.3 Å². The average molecular weight is 338 g/mol. The first-order valence-corrected chi connectivity index (χ1v) is 9.01. The molecule has 1 saturated carbocycles. The zero-order chi connectivity index (χ0) is 17.8. The van der Waals surface area contributed by atoms with Crippen LogP contribution in [0.5, 0.6) is 0 Å². The van der Waals surface area contributed by atoms with E-state index in [-0.39, 0.29) is 24.0 Å². The molecule has 0 aliphatic heterocycles. The molecule has 1 heterocycles. The predicted octanol–water partition coefficient (Wildman–Crippen LogP) is 3.52. The molecule has 0 bridgehead atoms. The summed E-state index contributed by atoms with van der Waals surface area (Å²) in [5, 5.41) is 12.8. The topological polar surface area (TPSA) is 62.2 Å². The number of hydrogen-bond donors (Lipinski definition) is 2. The summed E-state index contributed by atoms with van der Waals surface area (Å²) < 4.78 is 0. The maximum Gasteiger partial charge on any atom is 0.251 e. The Morgan fingerprint density at radius 3 is 2.48 bits per heavy atom. The van der Waals surface area contributed by atoms with Gasteiger partial charge >= 0.3 is 0 Å². The number of aliphatic hydroxyl groups is 1. The van der Waals surface area contributed by atoms with Crippen molar-refractivity contribution in [3.63, 3.8) is 0 Å². The number of carbonyl (C=O) groups excluding carboxylic acids is 1. The van der Waals surface area contributed by atoms with Gasteiger partial charge in [0.25, 0.3) is 5.91 Å². The van der Waals surface area contributed by atoms with E-state index in [1.54, 1.807) is 6.20 Å². The van der Waals surface area contributed by atoms with E-state index in [0.717, 1.165) is 12.1 Å². The van der Waals surface area contributed by atoms with Gasteiger partial charge in [-0.25, -0.2) is 0 Å². The number of rotatable bonds is 6. The van der Waals surface area contributed by atoms with Gasteiger partial charge in [0.15, 0.2) is 0 Å². The second-order valence-corrected chi connectivity index (χ2v) is 7.39. The van der Waals surface area contributed by atoms with E-state index in [2.05, 4.69) is 24.1 Å². The van der Waals surface area contributed by atoms with Crippen LogP contribution in [-0.2, 0) is 6.42 Å². The van der Waals surface area contributed by atoms with Crippen molar-refractivity contribution in [2.24, 2.45) is 11.8 Å². The first-order valence-electron chi connectivity index (χ1n) is 9.01. The third-order valence-electron chi connectivity index (χ3n) is 4.77. The summed E-state index contributed by atoms with van der Waals surface area (Å²) in [5.41, 5.74) is 2.76. The van der Waals surface area contributed by atoms with Crippen molar-refractivity contribution in [1.29, 1.82) is 0 Å². The van der Waals surface area contributed by atoms with Gasteiger partial charge in [0.2, 0.25) is 0 Å². The van der Waals surface area contributed by atoms with Gasteiger partial charge in [-0.1, -0.05) is 32.0 Å². The lowest BCUT2D eigenvalue weighted by atomic mass is 9.76. The molecule has 1 aliphatic rings. The molecule has 0 spiro atoms. The van der Waals surface area contributed by atoms with E-state index in [4.69, 9.17) is 0 Å². The van der Waals surface area contributed by atoms with Crippen molar-refractivity contribution >= 4 is 5.91 Å². The molecule has 1 amide bonds. The number of aromatic nitrogens is 1. The Bertz CT molecular complexity index is 692. The maximum atomic E-state index is 12.7. The Morgan fingerprint density at radius 2 is 1.92 bits per heavy atom. The first-order chi connectivity index (χ1) is 12.0. The fourth-order valence-corrected chi connectivity index (χ4v) is 3.38. The average Bonchev–Trinajstić information content (AvgIpc) is 2.58. The van der Waals surface area contributed by atoms with Crippen LogP contribution < -0.4 is 5.32 Å². The highest BCUT2D eigenvalue weighted by molar-refractivity contribution is 5.94. The van der Waals surface area contributed by atoms with Crippen LogP contribution in [-0.4, -0.2) is 22.1 Å². The summed E-state index contributed by atoms with van der Waals surface area (Å²) >= 11 is 0. The second-order valence-electron chi connectivity index (χ2n) is 7.39. The van der Waals surface area contributed by atoms with E-state index in [1.807, 2.05) is 42.5 Å². The van der Waals surface area contributed by atoms with E-state index >= 15 is 0 Å². The lowest BCUT2D eigenvalue weighted by Gasteiger charge is -2.37. The zero-order valence-electron chi connectivity index (χ0n) is 14.9. The van der Waals surface area contributed by atoms with E-state index in [9.17, 15) is 9.90 Å². The van der Waals surface area contributed by atoms with Crippen LogP contribution in [0.4, 0.5) is 0 Å². The molecule has 0 unspecified atom stereocenters. The third-order valence-corrected chi connectivity index (χ3v) is 4.77. The van der Waals surface area contributed by atoms with Gasteiger partial charge < -0.3 is 10.4 Å². The van der Waals surface area contributed by atoms with Crippen molar-refractivity contribution in [1.82, 2.24) is 10.3 Å². The van der Waals surface area contributed by atoms with Crippen LogP contribution in [0.25, 0.3) is 0 Å². The number of nitrogens with one attached hydrogen (secondary N) is 1. The standard InChI is InChI=1S/C21H26N2O2/c1-14(2)11-15-6-8-16(9-7-15)21(25)23-20(17-12-18(24)13-17)19-5-3-4-10-22-19/h3-10,14,17-18,20,24H,11-13H2,1-2H3,(H,23,25)/t17?,18?,20-/m1/s1. The number of benzene rings is 1. The van der Waals surface area contributed by atoms with E-state index in [1.165, 1.54) is 5.56 Å². The zero-order valence-corrected chi connectivity index (χ0v) is 14.9. The minimum Gasteiger partial charge on any atom is -0.393 e. The second kappa shape index (κ2) is 7.79. The van der Waals surface area contributed by atoms with Gasteiger partial charge in [-0.15, -0.1) is 0 Å². The van der Waals surface area contributed by atoms with Crippen molar-refractivity contribution in [3.8, 4) is 0 Å². The molecule has 0 radical (unpaired) electrons. The fraction of sp³-hybridized carbons (Fsp3) is 0.429. The number of nitrogens with zero attached hydrogens (tertiary/aromatic N) is 1. The Balaban J connectivity index is 1.72. The van der Waals surface area contributed by atoms with Crippen molar-refractivity contribution in [2.45, 2.75) is 45.3 Å². The van der Waals surface area contributed by atoms with Crippen LogP contribution >= 0.6 is 0 Å². The van der Waals surface area contributed by atoms with Crippen molar-refractivity contribution in [3.05, 3.63) is 65.5 Å². The summed E-state index contributed by atoms with van der Waals surface area (Å²) in [6.45, 7) is 4.37. The van der Waals surface area contributed by atoms with Gasteiger partial charge in [0.05, 0.1) is 17.8 Å². The van der Waals surface area contributed by atoms with Gasteiger partial charge in [0, 0.05) is 11.8 Å². The molecule has 3 rings (SSSR count). The normalized spacial score (nSPS) is 20.8. The maximum absolute atomic E-state index is 12.7. The molecule has 2 N–H and O–H groups in total. The van der Waals surface area contributed by atoms with Gasteiger partial charge in [-0.05, 0) is 60.9 Å². The Hall–Kier alpha value is -2.20. The molecule has 0 saturated heterocycles. The van der Waals surface area contributed by atoms with Crippen molar-refractivity contribution < 1.29 is 9.90 Å². The van der Waals surface area contributed by atoms with Crippen LogP contribution in [0.2, 0.25) is 0 Å². The van der Waals surface area contributed by atoms with Crippen LogP contribution in [0.3, 0.4) is 0 Å². The quantitative estimate of drug-likeness (QED) is 0.847. The first kappa shape index (κ1) is 17.6. The summed E-state index contributed by atoms with van der Waals surface area (Å²) in [5.74, 6) is 0.737. The summed E-state index contributed by atoms with van der Waals surface area (Å²) in [7, 11) is 0. The minimum atomic E-state index is -0.261. The molecule has 132 valence electrons. The molecule has 25 heavy (non-hydrogen) atoms. The van der Waals surface area contributed by atoms with Crippen LogP contribution in [0, 0.1) is 11.8 Å². The number of aliphatic hydroxyl groups excluding tert-OH is 1.